The monoisotopic (exact) mass is 341 g/mol. The van der Waals surface area contributed by atoms with Gasteiger partial charge in [-0.25, -0.2) is 4.98 Å². The number of hydrogen-bond donors (Lipinski definition) is 1. The van der Waals surface area contributed by atoms with Crippen LogP contribution in [0.4, 0.5) is 0 Å². The zero-order valence-corrected chi connectivity index (χ0v) is 14.3. The lowest BCUT2D eigenvalue weighted by Crippen LogP contribution is -2.30. The molecule has 0 spiro atoms. The van der Waals surface area contributed by atoms with E-state index in [1.54, 1.807) is 11.8 Å². The Morgan fingerprint density at radius 1 is 1.25 bits per heavy atom. The minimum atomic E-state index is 0.681. The predicted octanol–water partition coefficient (Wildman–Crippen LogP) is 2.88. The van der Waals surface area contributed by atoms with Crippen LogP contribution in [0.3, 0.4) is 0 Å². The molecule has 24 heavy (non-hydrogen) atoms. The van der Waals surface area contributed by atoms with Crippen LogP contribution in [0.5, 0.6) is 0 Å². The summed E-state index contributed by atoms with van der Waals surface area (Å²) >= 11 is 1.69. The number of aromatic amines is 1. The van der Waals surface area contributed by atoms with E-state index in [1.807, 2.05) is 24.5 Å². The summed E-state index contributed by atoms with van der Waals surface area (Å²) in [5, 5.41) is 4.01. The molecular weight excluding hydrogens is 322 g/mol. The Morgan fingerprint density at radius 3 is 2.96 bits per heavy atom. The summed E-state index contributed by atoms with van der Waals surface area (Å²) in [6, 6.07) is 10.2. The number of aromatic nitrogens is 4. The highest BCUT2D eigenvalue weighted by molar-refractivity contribution is 7.97. The van der Waals surface area contributed by atoms with Crippen LogP contribution in [-0.4, -0.2) is 37.8 Å². The van der Waals surface area contributed by atoms with Crippen LogP contribution in [0.2, 0.25) is 0 Å². The third-order valence-corrected chi connectivity index (χ3v) is 4.65. The van der Waals surface area contributed by atoms with E-state index in [-0.39, 0.29) is 0 Å². The standard InChI is InChI=1S/C17H19N5OS/c1-24-11-15-20-16(23-21-15)10-22-8-7-13-14(9-22)19-17(18-13)12-5-3-2-4-6-12/h2-6H,7-11H2,1H3,(H,18,19). The van der Waals surface area contributed by atoms with Crippen molar-refractivity contribution >= 4 is 11.8 Å². The van der Waals surface area contributed by atoms with Crippen LogP contribution in [0, 0.1) is 0 Å². The first kappa shape index (κ1) is 15.4. The molecule has 124 valence electrons. The molecule has 4 rings (SSSR count). The van der Waals surface area contributed by atoms with Crippen molar-refractivity contribution in [2.24, 2.45) is 0 Å². The lowest BCUT2D eigenvalue weighted by Gasteiger charge is -2.24. The highest BCUT2D eigenvalue weighted by Gasteiger charge is 2.22. The maximum Gasteiger partial charge on any atom is 0.240 e. The number of hydrogen-bond acceptors (Lipinski definition) is 6. The van der Waals surface area contributed by atoms with E-state index in [0.29, 0.717) is 12.4 Å². The van der Waals surface area contributed by atoms with Crippen molar-refractivity contribution in [3.05, 3.63) is 53.4 Å². The Bertz CT molecular complexity index is 814. The lowest BCUT2D eigenvalue weighted by molar-refractivity contribution is 0.207. The maximum absolute atomic E-state index is 5.34. The van der Waals surface area contributed by atoms with Gasteiger partial charge in [0.15, 0.2) is 5.82 Å². The van der Waals surface area contributed by atoms with Gasteiger partial charge >= 0.3 is 0 Å². The molecular formula is C17H19N5OS. The van der Waals surface area contributed by atoms with Crippen LogP contribution >= 0.6 is 11.8 Å². The van der Waals surface area contributed by atoms with Crippen LogP contribution in [-0.2, 0) is 25.3 Å². The van der Waals surface area contributed by atoms with Crippen molar-refractivity contribution in [2.45, 2.75) is 25.3 Å². The number of thioether (sulfide) groups is 1. The maximum atomic E-state index is 5.34. The lowest BCUT2D eigenvalue weighted by atomic mass is 10.1. The Balaban J connectivity index is 1.46. The van der Waals surface area contributed by atoms with Gasteiger partial charge in [0.1, 0.15) is 5.82 Å². The Morgan fingerprint density at radius 2 is 2.12 bits per heavy atom. The van der Waals surface area contributed by atoms with Gasteiger partial charge in [-0.05, 0) is 6.26 Å². The average Bonchev–Trinajstić information content (AvgIpc) is 3.22. The number of H-pyrrole nitrogens is 1. The van der Waals surface area contributed by atoms with E-state index >= 15 is 0 Å². The zero-order valence-electron chi connectivity index (χ0n) is 13.5. The zero-order chi connectivity index (χ0) is 16.4. The summed E-state index contributed by atoms with van der Waals surface area (Å²) in [7, 11) is 0. The molecule has 1 aliphatic rings. The van der Waals surface area contributed by atoms with Crippen molar-refractivity contribution in [3.8, 4) is 11.4 Å². The van der Waals surface area contributed by atoms with Crippen LogP contribution in [0.1, 0.15) is 23.1 Å². The molecule has 0 saturated heterocycles. The molecule has 0 bridgehead atoms. The van der Waals surface area contributed by atoms with Gasteiger partial charge in [0.2, 0.25) is 5.89 Å². The number of fused-ring (bicyclic) bond motifs is 1. The highest BCUT2D eigenvalue weighted by atomic mass is 32.2. The molecule has 0 amide bonds. The second kappa shape index (κ2) is 6.78. The van der Waals surface area contributed by atoms with Crippen molar-refractivity contribution in [2.75, 3.05) is 12.8 Å². The molecule has 3 heterocycles. The minimum absolute atomic E-state index is 0.681. The SMILES string of the molecule is CSCc1noc(CN2CCc3nc(-c4ccccc4)[nH]c3C2)n1. The Hall–Kier alpha value is -2.12. The Kier molecular flexibility index (Phi) is 4.36. The van der Waals surface area contributed by atoms with Crippen molar-refractivity contribution < 1.29 is 4.52 Å². The molecule has 0 radical (unpaired) electrons. The third-order valence-electron chi connectivity index (χ3n) is 4.10. The summed E-state index contributed by atoms with van der Waals surface area (Å²) in [6.07, 6.45) is 2.97. The van der Waals surface area contributed by atoms with E-state index in [2.05, 4.69) is 32.2 Å². The first-order valence-corrected chi connectivity index (χ1v) is 9.37. The topological polar surface area (TPSA) is 70.8 Å². The first-order valence-electron chi connectivity index (χ1n) is 7.98. The molecule has 3 aromatic rings. The van der Waals surface area contributed by atoms with Crippen molar-refractivity contribution in [1.82, 2.24) is 25.0 Å². The molecule has 1 aromatic carbocycles. The van der Waals surface area contributed by atoms with Gasteiger partial charge in [0.25, 0.3) is 0 Å². The Labute approximate surface area is 144 Å². The van der Waals surface area contributed by atoms with Crippen molar-refractivity contribution in [1.29, 1.82) is 0 Å². The van der Waals surface area contributed by atoms with E-state index in [1.165, 1.54) is 11.4 Å². The van der Waals surface area contributed by atoms with Gasteiger partial charge in [-0.3, -0.25) is 4.90 Å². The summed E-state index contributed by atoms with van der Waals surface area (Å²) in [6.45, 7) is 2.46. The molecule has 0 aliphatic carbocycles. The van der Waals surface area contributed by atoms with E-state index in [9.17, 15) is 0 Å². The van der Waals surface area contributed by atoms with Crippen LogP contribution < -0.4 is 0 Å². The minimum Gasteiger partial charge on any atom is -0.341 e. The fraction of sp³-hybridized carbons (Fsp3) is 0.353. The summed E-state index contributed by atoms with van der Waals surface area (Å²) in [5.74, 6) is 3.19. The molecule has 0 saturated carbocycles. The largest absolute Gasteiger partial charge is 0.341 e. The second-order valence-electron chi connectivity index (χ2n) is 5.87. The smallest absolute Gasteiger partial charge is 0.240 e. The van der Waals surface area contributed by atoms with E-state index < -0.39 is 0 Å². The van der Waals surface area contributed by atoms with E-state index in [0.717, 1.165) is 42.5 Å². The van der Waals surface area contributed by atoms with Gasteiger partial charge in [-0.15, -0.1) is 0 Å². The fourth-order valence-electron chi connectivity index (χ4n) is 2.95. The molecule has 1 N–H and O–H groups in total. The first-order chi connectivity index (χ1) is 11.8. The molecule has 0 fully saturated rings. The number of benzene rings is 1. The van der Waals surface area contributed by atoms with Gasteiger partial charge in [0.05, 0.1) is 23.7 Å². The number of imidazole rings is 1. The summed E-state index contributed by atoms with van der Waals surface area (Å²) in [4.78, 5) is 15.0. The quantitative estimate of drug-likeness (QED) is 0.769. The van der Waals surface area contributed by atoms with Crippen LogP contribution in [0.15, 0.2) is 34.9 Å². The molecule has 2 aromatic heterocycles. The average molecular weight is 341 g/mol. The van der Waals surface area contributed by atoms with Gasteiger partial charge in [0, 0.05) is 25.1 Å². The molecule has 0 atom stereocenters. The van der Waals surface area contributed by atoms with E-state index in [4.69, 9.17) is 9.51 Å². The molecule has 6 nitrogen and oxygen atoms in total. The molecule has 1 aliphatic heterocycles. The highest BCUT2D eigenvalue weighted by Crippen LogP contribution is 2.23. The summed E-state index contributed by atoms with van der Waals surface area (Å²) in [5.41, 5.74) is 3.47. The van der Waals surface area contributed by atoms with Gasteiger partial charge < -0.3 is 9.51 Å². The fourth-order valence-corrected chi connectivity index (χ4v) is 3.33. The number of nitrogens with one attached hydrogen (secondary N) is 1. The van der Waals surface area contributed by atoms with Gasteiger partial charge in [-0.2, -0.15) is 16.7 Å². The van der Waals surface area contributed by atoms with Gasteiger partial charge in [-0.1, -0.05) is 35.5 Å². The second-order valence-corrected chi connectivity index (χ2v) is 6.74. The molecule has 0 unspecified atom stereocenters. The molecule has 7 heteroatoms. The predicted molar refractivity (Wildman–Crippen MR) is 93.4 cm³/mol. The number of rotatable bonds is 5. The third kappa shape index (κ3) is 3.22. The number of nitrogens with zero attached hydrogens (tertiary/aromatic N) is 4. The summed E-state index contributed by atoms with van der Waals surface area (Å²) < 4.78 is 5.34. The van der Waals surface area contributed by atoms with Crippen LogP contribution in [0.25, 0.3) is 11.4 Å². The van der Waals surface area contributed by atoms with Crippen molar-refractivity contribution in [3.63, 3.8) is 0 Å². The normalized spacial score (nSPS) is 14.7.